The van der Waals surface area contributed by atoms with Crippen molar-refractivity contribution in [2.45, 2.75) is 15.8 Å². The van der Waals surface area contributed by atoms with E-state index >= 15 is 0 Å². The predicted molar refractivity (Wildman–Crippen MR) is 72.7 cm³/mol. The second-order valence-corrected chi connectivity index (χ2v) is 5.43. The molecule has 0 bridgehead atoms. The van der Waals surface area contributed by atoms with Crippen LogP contribution in [0.2, 0.25) is 0 Å². The summed E-state index contributed by atoms with van der Waals surface area (Å²) in [6.45, 7) is 0. The van der Waals surface area contributed by atoms with E-state index in [1.807, 2.05) is 0 Å². The molecule has 0 radical (unpaired) electrons. The number of ether oxygens (including phenoxy) is 1. The number of benzene rings is 1. The van der Waals surface area contributed by atoms with Crippen LogP contribution in [-0.2, 0) is 0 Å². The van der Waals surface area contributed by atoms with Crippen molar-refractivity contribution in [1.29, 1.82) is 0 Å². The number of alkyl halides is 4. The number of nitrogens with zero attached hydrogens (tertiary/aromatic N) is 1. The van der Waals surface area contributed by atoms with E-state index < -0.39 is 17.0 Å². The molecule has 114 valence electrons. The summed E-state index contributed by atoms with van der Waals surface area (Å²) in [5, 5.41) is -1.52. The number of halogens is 4. The second kappa shape index (κ2) is 6.02. The lowest BCUT2D eigenvalue weighted by molar-refractivity contribution is 0.0537. The SMILES string of the molecule is CNC(=O)Oc1nc2ccc(SC(F)(F)C(F)Cl)cc2[nH]1. The van der Waals surface area contributed by atoms with E-state index in [-0.39, 0.29) is 22.7 Å². The third kappa shape index (κ3) is 3.73. The number of imidazole rings is 1. The van der Waals surface area contributed by atoms with Crippen LogP contribution in [0.3, 0.4) is 0 Å². The van der Waals surface area contributed by atoms with Crippen LogP contribution in [0.25, 0.3) is 11.0 Å². The molecule has 1 amide bonds. The van der Waals surface area contributed by atoms with Crippen molar-refractivity contribution in [3.8, 4) is 6.01 Å². The molecule has 0 aliphatic carbocycles. The monoisotopic (exact) mass is 339 g/mol. The number of H-pyrrole nitrogens is 1. The Morgan fingerprint density at radius 1 is 1.57 bits per heavy atom. The van der Waals surface area contributed by atoms with Crippen LogP contribution in [-0.4, -0.2) is 34.0 Å². The number of aromatic amines is 1. The van der Waals surface area contributed by atoms with E-state index in [2.05, 4.69) is 15.3 Å². The highest BCUT2D eigenvalue weighted by molar-refractivity contribution is 8.00. The van der Waals surface area contributed by atoms with E-state index in [1.54, 1.807) is 0 Å². The maximum atomic E-state index is 13.2. The number of aromatic nitrogens is 2. The van der Waals surface area contributed by atoms with Crippen molar-refractivity contribution < 1.29 is 22.7 Å². The Morgan fingerprint density at radius 2 is 2.29 bits per heavy atom. The molecule has 10 heteroatoms. The van der Waals surface area contributed by atoms with Gasteiger partial charge < -0.3 is 15.0 Å². The number of rotatable bonds is 4. The number of carbonyl (C=O) groups is 1. The highest BCUT2D eigenvalue weighted by Crippen LogP contribution is 2.41. The molecule has 5 nitrogen and oxygen atoms in total. The van der Waals surface area contributed by atoms with Gasteiger partial charge in [0.25, 0.3) is 0 Å². The average Bonchev–Trinajstić information content (AvgIpc) is 2.79. The van der Waals surface area contributed by atoms with Crippen molar-refractivity contribution in [3.05, 3.63) is 18.2 Å². The molecule has 1 aromatic heterocycles. The van der Waals surface area contributed by atoms with Gasteiger partial charge >= 0.3 is 17.4 Å². The maximum Gasteiger partial charge on any atom is 0.414 e. The van der Waals surface area contributed by atoms with Gasteiger partial charge in [0.15, 0.2) is 0 Å². The fourth-order valence-corrected chi connectivity index (χ4v) is 2.27. The molecule has 1 heterocycles. The summed E-state index contributed by atoms with van der Waals surface area (Å²) < 4.78 is 43.8. The third-order valence-electron chi connectivity index (χ3n) is 2.33. The summed E-state index contributed by atoms with van der Waals surface area (Å²) in [5.41, 5.74) is -2.03. The summed E-state index contributed by atoms with van der Waals surface area (Å²) in [4.78, 5) is 17.7. The molecule has 0 spiro atoms. The third-order valence-corrected chi connectivity index (χ3v) is 3.71. The largest absolute Gasteiger partial charge is 0.414 e. The van der Waals surface area contributed by atoms with Crippen LogP contribution < -0.4 is 10.1 Å². The Morgan fingerprint density at radius 3 is 2.90 bits per heavy atom. The van der Waals surface area contributed by atoms with Gasteiger partial charge in [-0.25, -0.2) is 9.18 Å². The van der Waals surface area contributed by atoms with Gasteiger partial charge in [-0.05, 0) is 30.0 Å². The number of carbonyl (C=O) groups excluding carboxylic acids is 1. The summed E-state index contributed by atoms with van der Waals surface area (Å²) in [5.74, 6) is 0. The fraction of sp³-hybridized carbons (Fsp3) is 0.273. The second-order valence-electron chi connectivity index (χ2n) is 3.82. The van der Waals surface area contributed by atoms with Gasteiger partial charge in [0.05, 0.1) is 11.0 Å². The first-order valence-electron chi connectivity index (χ1n) is 5.56. The van der Waals surface area contributed by atoms with Crippen LogP contribution in [0.15, 0.2) is 23.1 Å². The minimum Gasteiger partial charge on any atom is -0.375 e. The predicted octanol–water partition coefficient (Wildman–Crippen LogP) is 3.50. The maximum absolute atomic E-state index is 13.2. The van der Waals surface area contributed by atoms with Gasteiger partial charge in [0, 0.05) is 11.9 Å². The van der Waals surface area contributed by atoms with Crippen LogP contribution in [0.1, 0.15) is 0 Å². The lowest BCUT2D eigenvalue weighted by atomic mass is 10.3. The zero-order valence-electron chi connectivity index (χ0n) is 10.5. The number of fused-ring (bicyclic) bond motifs is 1. The first-order valence-corrected chi connectivity index (χ1v) is 6.81. The van der Waals surface area contributed by atoms with Crippen LogP contribution >= 0.6 is 23.4 Å². The van der Waals surface area contributed by atoms with Crippen LogP contribution in [0.4, 0.5) is 18.0 Å². The zero-order valence-corrected chi connectivity index (χ0v) is 12.1. The van der Waals surface area contributed by atoms with E-state index in [4.69, 9.17) is 16.3 Å². The summed E-state index contributed by atoms with van der Waals surface area (Å²) in [6.07, 6.45) is -0.724. The quantitative estimate of drug-likeness (QED) is 0.661. The Balaban J connectivity index is 2.23. The summed E-state index contributed by atoms with van der Waals surface area (Å²) >= 11 is 4.78. The lowest BCUT2D eigenvalue weighted by Crippen LogP contribution is -2.22. The average molecular weight is 340 g/mol. The van der Waals surface area contributed by atoms with E-state index in [1.165, 1.54) is 25.2 Å². The van der Waals surface area contributed by atoms with Gasteiger partial charge in [0.1, 0.15) is 0 Å². The minimum absolute atomic E-state index is 0.0117. The van der Waals surface area contributed by atoms with E-state index in [0.29, 0.717) is 11.0 Å². The molecule has 0 saturated heterocycles. The number of nitrogens with one attached hydrogen (secondary N) is 2. The highest BCUT2D eigenvalue weighted by Gasteiger charge is 2.40. The summed E-state index contributed by atoms with van der Waals surface area (Å²) in [6, 6.07) is 4.02. The van der Waals surface area contributed by atoms with Crippen LogP contribution in [0.5, 0.6) is 6.01 Å². The number of amides is 1. The molecular formula is C11H9ClF3N3O2S. The molecule has 2 N–H and O–H groups in total. The Labute approximate surface area is 126 Å². The van der Waals surface area contributed by atoms with E-state index in [0.717, 1.165) is 0 Å². The zero-order chi connectivity index (χ0) is 15.6. The van der Waals surface area contributed by atoms with Gasteiger partial charge in [0.2, 0.25) is 5.63 Å². The minimum atomic E-state index is -3.75. The molecule has 0 saturated carbocycles. The standard InChI is InChI=1S/C11H9ClF3N3O2S/c1-16-10(19)20-9-17-6-3-2-5(4-7(6)18-9)21-11(14,15)8(12)13/h2-4,8H,1H3,(H,16,19)(H,17,18). The van der Waals surface area contributed by atoms with Crippen molar-refractivity contribution in [3.63, 3.8) is 0 Å². The molecule has 0 fully saturated rings. The topological polar surface area (TPSA) is 67.0 Å². The first kappa shape index (κ1) is 15.8. The normalized spacial score (nSPS) is 13.2. The van der Waals surface area contributed by atoms with Gasteiger partial charge in [-0.3, -0.25) is 0 Å². The molecule has 21 heavy (non-hydrogen) atoms. The highest BCUT2D eigenvalue weighted by atomic mass is 35.5. The van der Waals surface area contributed by atoms with Crippen molar-refractivity contribution in [2.24, 2.45) is 0 Å². The molecular weight excluding hydrogens is 331 g/mol. The summed E-state index contributed by atoms with van der Waals surface area (Å²) in [7, 11) is 1.38. The lowest BCUT2D eigenvalue weighted by Gasteiger charge is -2.14. The molecule has 0 aliphatic rings. The number of hydrogen-bond acceptors (Lipinski definition) is 4. The smallest absolute Gasteiger partial charge is 0.375 e. The van der Waals surface area contributed by atoms with Crippen LogP contribution in [0, 0.1) is 0 Å². The molecule has 0 aliphatic heterocycles. The number of thioether (sulfide) groups is 1. The number of hydrogen-bond donors (Lipinski definition) is 2. The van der Waals surface area contributed by atoms with E-state index in [9.17, 15) is 18.0 Å². The Bertz CT molecular complexity index is 665. The molecule has 2 rings (SSSR count). The molecule has 2 aromatic rings. The fourth-order valence-electron chi connectivity index (χ4n) is 1.42. The Kier molecular flexibility index (Phi) is 4.52. The molecule has 1 aromatic carbocycles. The van der Waals surface area contributed by atoms with Crippen molar-refractivity contribution in [2.75, 3.05) is 7.05 Å². The van der Waals surface area contributed by atoms with Gasteiger partial charge in [-0.2, -0.15) is 13.8 Å². The molecule has 1 unspecified atom stereocenters. The Hall–Kier alpha value is -1.61. The van der Waals surface area contributed by atoms with Gasteiger partial charge in [-0.1, -0.05) is 11.6 Å². The first-order chi connectivity index (χ1) is 9.81. The van der Waals surface area contributed by atoms with Crippen molar-refractivity contribution in [1.82, 2.24) is 15.3 Å². The molecule has 1 atom stereocenters. The van der Waals surface area contributed by atoms with Crippen molar-refractivity contribution >= 4 is 40.5 Å². The van der Waals surface area contributed by atoms with Gasteiger partial charge in [-0.15, -0.1) is 0 Å².